The molecular formula is C12H18N2O2. The van der Waals surface area contributed by atoms with Crippen LogP contribution in [0.5, 0.6) is 0 Å². The Morgan fingerprint density at radius 1 is 1.62 bits per heavy atom. The molecule has 0 amide bonds. The Morgan fingerprint density at radius 2 is 2.38 bits per heavy atom. The molecule has 4 heteroatoms. The van der Waals surface area contributed by atoms with Crippen molar-refractivity contribution in [2.45, 2.75) is 38.3 Å². The minimum Gasteiger partial charge on any atom is -0.464 e. The Labute approximate surface area is 95.4 Å². The first-order valence-corrected chi connectivity index (χ1v) is 5.64. The molecule has 16 heavy (non-hydrogen) atoms. The largest absolute Gasteiger partial charge is 0.464 e. The van der Waals surface area contributed by atoms with E-state index in [4.69, 9.17) is 0 Å². The van der Waals surface area contributed by atoms with Crippen LogP contribution in [0, 0.1) is 0 Å². The zero-order valence-corrected chi connectivity index (χ0v) is 9.80. The van der Waals surface area contributed by atoms with Gasteiger partial charge in [0.25, 0.3) is 0 Å². The topological polar surface area (TPSA) is 54.1 Å². The van der Waals surface area contributed by atoms with Crippen molar-refractivity contribution in [2.24, 2.45) is 0 Å². The quantitative estimate of drug-likeness (QED) is 0.764. The van der Waals surface area contributed by atoms with Crippen LogP contribution < -0.4 is 5.32 Å². The first kappa shape index (κ1) is 11.2. The summed E-state index contributed by atoms with van der Waals surface area (Å²) in [4.78, 5) is 14.1. The van der Waals surface area contributed by atoms with Gasteiger partial charge in [-0.15, -0.1) is 0 Å². The molecule has 0 spiro atoms. The van der Waals surface area contributed by atoms with Gasteiger partial charge in [-0.1, -0.05) is 0 Å². The maximum absolute atomic E-state index is 11.2. The van der Waals surface area contributed by atoms with Crippen LogP contribution in [0.25, 0.3) is 0 Å². The number of hydrogen-bond acceptors (Lipinski definition) is 3. The van der Waals surface area contributed by atoms with Gasteiger partial charge in [0.15, 0.2) is 0 Å². The SMILES string of the molecule is COC(=O)c1cc(CNC2(C)CCC2)c[nH]1. The van der Waals surface area contributed by atoms with Crippen molar-refractivity contribution in [3.8, 4) is 0 Å². The lowest BCUT2D eigenvalue weighted by Gasteiger charge is -2.39. The molecule has 1 aliphatic carbocycles. The summed E-state index contributed by atoms with van der Waals surface area (Å²) in [6.45, 7) is 3.04. The van der Waals surface area contributed by atoms with E-state index in [-0.39, 0.29) is 5.97 Å². The molecule has 2 N–H and O–H groups in total. The third-order valence-electron chi connectivity index (χ3n) is 3.32. The molecule has 1 aromatic heterocycles. The molecule has 4 nitrogen and oxygen atoms in total. The molecule has 1 aliphatic rings. The molecule has 0 aliphatic heterocycles. The van der Waals surface area contributed by atoms with E-state index in [1.54, 1.807) is 0 Å². The minimum absolute atomic E-state index is 0.294. The van der Waals surface area contributed by atoms with E-state index in [1.807, 2.05) is 12.3 Å². The van der Waals surface area contributed by atoms with Crippen molar-refractivity contribution >= 4 is 5.97 Å². The summed E-state index contributed by atoms with van der Waals surface area (Å²) in [7, 11) is 1.39. The number of aromatic amines is 1. The van der Waals surface area contributed by atoms with Gasteiger partial charge in [0.2, 0.25) is 0 Å². The summed E-state index contributed by atoms with van der Waals surface area (Å²) in [6.07, 6.45) is 5.63. The molecule has 1 aromatic rings. The number of methoxy groups -OCH3 is 1. The fourth-order valence-corrected chi connectivity index (χ4v) is 1.97. The van der Waals surface area contributed by atoms with Crippen LogP contribution in [0.2, 0.25) is 0 Å². The van der Waals surface area contributed by atoms with Crippen molar-refractivity contribution in [3.63, 3.8) is 0 Å². The predicted molar refractivity (Wildman–Crippen MR) is 61.2 cm³/mol. The lowest BCUT2D eigenvalue weighted by molar-refractivity contribution is 0.0595. The van der Waals surface area contributed by atoms with E-state index in [9.17, 15) is 4.79 Å². The van der Waals surface area contributed by atoms with E-state index in [0.717, 1.165) is 12.1 Å². The highest BCUT2D eigenvalue weighted by Crippen LogP contribution is 2.31. The molecule has 0 atom stereocenters. The van der Waals surface area contributed by atoms with E-state index in [0.29, 0.717) is 11.2 Å². The standard InChI is InChI=1S/C12H18N2O2/c1-12(4-3-5-12)14-8-9-6-10(13-7-9)11(15)16-2/h6-7,13-14H,3-5,8H2,1-2H3. The van der Waals surface area contributed by atoms with Gasteiger partial charge >= 0.3 is 5.97 Å². The average molecular weight is 222 g/mol. The van der Waals surface area contributed by atoms with Gasteiger partial charge in [0.1, 0.15) is 5.69 Å². The molecule has 1 heterocycles. The third kappa shape index (κ3) is 2.27. The van der Waals surface area contributed by atoms with Gasteiger partial charge in [0.05, 0.1) is 7.11 Å². The number of rotatable bonds is 4. The number of hydrogen-bond donors (Lipinski definition) is 2. The van der Waals surface area contributed by atoms with Crippen molar-refractivity contribution in [1.82, 2.24) is 10.3 Å². The van der Waals surface area contributed by atoms with E-state index < -0.39 is 0 Å². The molecule has 1 saturated carbocycles. The molecule has 88 valence electrons. The van der Waals surface area contributed by atoms with Crippen molar-refractivity contribution in [3.05, 3.63) is 23.5 Å². The highest BCUT2D eigenvalue weighted by atomic mass is 16.5. The van der Waals surface area contributed by atoms with Gasteiger partial charge in [-0.2, -0.15) is 0 Å². The highest BCUT2D eigenvalue weighted by molar-refractivity contribution is 5.87. The summed E-state index contributed by atoms with van der Waals surface area (Å²) < 4.78 is 4.64. The maximum Gasteiger partial charge on any atom is 0.354 e. The number of esters is 1. The Balaban J connectivity index is 1.90. The molecule has 0 aromatic carbocycles. The predicted octanol–water partition coefficient (Wildman–Crippen LogP) is 1.83. The zero-order chi connectivity index (χ0) is 11.6. The van der Waals surface area contributed by atoms with Crippen LogP contribution in [0.15, 0.2) is 12.3 Å². The fourth-order valence-electron chi connectivity index (χ4n) is 1.97. The first-order valence-electron chi connectivity index (χ1n) is 5.64. The van der Waals surface area contributed by atoms with Crippen LogP contribution >= 0.6 is 0 Å². The van der Waals surface area contributed by atoms with Crippen LogP contribution in [-0.2, 0) is 11.3 Å². The molecule has 1 fully saturated rings. The maximum atomic E-state index is 11.2. The number of ether oxygens (including phenoxy) is 1. The van der Waals surface area contributed by atoms with Crippen LogP contribution in [-0.4, -0.2) is 23.6 Å². The number of nitrogens with one attached hydrogen (secondary N) is 2. The molecule has 0 unspecified atom stereocenters. The zero-order valence-electron chi connectivity index (χ0n) is 9.80. The normalized spacial score (nSPS) is 17.9. The lowest BCUT2D eigenvalue weighted by atomic mass is 9.78. The third-order valence-corrected chi connectivity index (χ3v) is 3.32. The lowest BCUT2D eigenvalue weighted by Crippen LogP contribution is -2.47. The summed E-state index contributed by atoms with van der Waals surface area (Å²) in [6, 6.07) is 1.83. The first-order chi connectivity index (χ1) is 7.63. The monoisotopic (exact) mass is 222 g/mol. The number of carbonyl (C=O) groups is 1. The van der Waals surface area contributed by atoms with E-state index >= 15 is 0 Å². The van der Waals surface area contributed by atoms with Crippen LogP contribution in [0.4, 0.5) is 0 Å². The number of H-pyrrole nitrogens is 1. The van der Waals surface area contributed by atoms with Crippen LogP contribution in [0.1, 0.15) is 42.2 Å². The van der Waals surface area contributed by atoms with Gasteiger partial charge in [0, 0.05) is 18.3 Å². The fraction of sp³-hybridized carbons (Fsp3) is 0.583. The van der Waals surface area contributed by atoms with Gasteiger partial charge in [-0.05, 0) is 37.8 Å². The second kappa shape index (κ2) is 4.29. The van der Waals surface area contributed by atoms with Crippen molar-refractivity contribution < 1.29 is 9.53 Å². The summed E-state index contributed by atoms with van der Waals surface area (Å²) in [5, 5.41) is 3.51. The van der Waals surface area contributed by atoms with E-state index in [1.165, 1.54) is 26.4 Å². The van der Waals surface area contributed by atoms with Gasteiger partial charge < -0.3 is 15.0 Å². The summed E-state index contributed by atoms with van der Waals surface area (Å²) in [5.74, 6) is -0.318. The molecule has 2 rings (SSSR count). The number of carbonyl (C=O) groups excluding carboxylic acids is 1. The highest BCUT2D eigenvalue weighted by Gasteiger charge is 2.30. The molecular weight excluding hydrogens is 204 g/mol. The summed E-state index contributed by atoms with van der Waals surface area (Å²) in [5.41, 5.74) is 1.90. The second-order valence-electron chi connectivity index (χ2n) is 4.68. The smallest absolute Gasteiger partial charge is 0.354 e. The Hall–Kier alpha value is -1.29. The Kier molecular flexibility index (Phi) is 3.01. The molecule has 0 saturated heterocycles. The molecule has 0 radical (unpaired) electrons. The Bertz CT molecular complexity index is 380. The molecule has 0 bridgehead atoms. The van der Waals surface area contributed by atoms with Gasteiger partial charge in [-0.25, -0.2) is 4.79 Å². The second-order valence-corrected chi connectivity index (χ2v) is 4.68. The van der Waals surface area contributed by atoms with Crippen LogP contribution in [0.3, 0.4) is 0 Å². The Morgan fingerprint density at radius 3 is 2.94 bits per heavy atom. The summed E-state index contributed by atoms with van der Waals surface area (Å²) >= 11 is 0. The van der Waals surface area contributed by atoms with E-state index in [2.05, 4.69) is 22.0 Å². The van der Waals surface area contributed by atoms with Crippen molar-refractivity contribution in [1.29, 1.82) is 0 Å². The minimum atomic E-state index is -0.318. The average Bonchev–Trinajstić information content (AvgIpc) is 2.71. The number of aromatic nitrogens is 1. The van der Waals surface area contributed by atoms with Gasteiger partial charge in [-0.3, -0.25) is 0 Å². The van der Waals surface area contributed by atoms with Crippen molar-refractivity contribution in [2.75, 3.05) is 7.11 Å².